The highest BCUT2D eigenvalue weighted by Crippen LogP contribution is 2.31. The molecule has 0 aromatic carbocycles. The molecule has 0 bridgehead atoms. The number of halogens is 1. The van der Waals surface area contributed by atoms with Crippen LogP contribution in [0.5, 0.6) is 0 Å². The van der Waals surface area contributed by atoms with Crippen LogP contribution < -0.4 is 10.6 Å². The lowest BCUT2D eigenvalue weighted by Gasteiger charge is -2.33. The Hall–Kier alpha value is -1.89. The van der Waals surface area contributed by atoms with Gasteiger partial charge in [-0.2, -0.15) is 0 Å². The molecule has 1 atom stereocenters. The van der Waals surface area contributed by atoms with E-state index in [1.54, 1.807) is 0 Å². The maximum Gasteiger partial charge on any atom is 0.321 e. The third-order valence-electron chi connectivity index (χ3n) is 3.84. The maximum absolute atomic E-state index is 12.1. The van der Waals surface area contributed by atoms with Gasteiger partial charge in [0.25, 0.3) is 0 Å². The third-order valence-corrected chi connectivity index (χ3v) is 4.05. The summed E-state index contributed by atoms with van der Waals surface area (Å²) >= 11 is 5.74. The van der Waals surface area contributed by atoms with Gasteiger partial charge in [0.1, 0.15) is 5.15 Å². The van der Waals surface area contributed by atoms with Gasteiger partial charge < -0.3 is 10.2 Å². The highest BCUT2D eigenvalue weighted by atomic mass is 35.5. The molecule has 0 spiro atoms. The van der Waals surface area contributed by atoms with Crippen LogP contribution in [0.3, 0.4) is 0 Å². The molecule has 1 saturated heterocycles. The first-order chi connectivity index (χ1) is 10.6. The van der Waals surface area contributed by atoms with Gasteiger partial charge in [0.05, 0.1) is 0 Å². The minimum atomic E-state index is -0.381. The first kappa shape index (κ1) is 15.0. The lowest BCUT2D eigenvalue weighted by molar-refractivity contribution is -0.133. The van der Waals surface area contributed by atoms with Gasteiger partial charge in [-0.1, -0.05) is 11.6 Å². The standard InChI is InChI=1S/C14H18ClN5O2/c15-11-5-6-16-13(18-11)19-14(22)17-10-2-1-7-20(8-10)12(21)9-3-4-9/h5-6,9-10H,1-4,7-8H2,(H2,16,17,18,19,22). The Morgan fingerprint density at radius 3 is 2.86 bits per heavy atom. The van der Waals surface area contributed by atoms with Crippen molar-refractivity contribution < 1.29 is 9.59 Å². The molecule has 1 saturated carbocycles. The number of hydrogen-bond acceptors (Lipinski definition) is 4. The van der Waals surface area contributed by atoms with E-state index in [2.05, 4.69) is 20.6 Å². The van der Waals surface area contributed by atoms with E-state index in [9.17, 15) is 9.59 Å². The Kier molecular flexibility index (Phi) is 4.42. The van der Waals surface area contributed by atoms with Gasteiger partial charge in [-0.15, -0.1) is 0 Å². The first-order valence-corrected chi connectivity index (χ1v) is 7.84. The first-order valence-electron chi connectivity index (χ1n) is 7.46. The van der Waals surface area contributed by atoms with E-state index in [-0.39, 0.29) is 35.0 Å². The minimum absolute atomic E-state index is 0.0457. The van der Waals surface area contributed by atoms with Crippen LogP contribution in [0.4, 0.5) is 10.7 Å². The molecule has 1 aromatic rings. The van der Waals surface area contributed by atoms with Crippen molar-refractivity contribution in [2.24, 2.45) is 5.92 Å². The Bertz CT molecular complexity index is 578. The van der Waals surface area contributed by atoms with E-state index in [0.717, 1.165) is 32.2 Å². The second kappa shape index (κ2) is 6.48. The number of hydrogen-bond donors (Lipinski definition) is 2. The molecule has 2 fully saturated rings. The average Bonchev–Trinajstić information content (AvgIpc) is 3.31. The van der Waals surface area contributed by atoms with Gasteiger partial charge in [0, 0.05) is 31.2 Å². The molecular formula is C14H18ClN5O2. The molecular weight excluding hydrogens is 306 g/mol. The highest BCUT2D eigenvalue weighted by molar-refractivity contribution is 6.29. The fourth-order valence-electron chi connectivity index (χ4n) is 2.60. The van der Waals surface area contributed by atoms with Gasteiger partial charge in [-0.3, -0.25) is 10.1 Å². The topological polar surface area (TPSA) is 87.2 Å². The summed E-state index contributed by atoms with van der Waals surface area (Å²) in [5, 5.41) is 5.68. The second-order valence-corrected chi connectivity index (χ2v) is 6.09. The van der Waals surface area contributed by atoms with E-state index >= 15 is 0 Å². The smallest absolute Gasteiger partial charge is 0.321 e. The molecule has 2 aliphatic rings. The van der Waals surface area contributed by atoms with E-state index in [4.69, 9.17) is 11.6 Å². The van der Waals surface area contributed by atoms with Crippen LogP contribution in [0.25, 0.3) is 0 Å². The van der Waals surface area contributed by atoms with Crippen LogP contribution in [0.1, 0.15) is 25.7 Å². The largest absolute Gasteiger partial charge is 0.340 e. The van der Waals surface area contributed by atoms with Crippen LogP contribution in [0.2, 0.25) is 5.15 Å². The number of rotatable bonds is 3. The number of carbonyl (C=O) groups excluding carboxylic acids is 2. The average molecular weight is 324 g/mol. The van der Waals surface area contributed by atoms with Gasteiger partial charge in [-0.05, 0) is 31.7 Å². The van der Waals surface area contributed by atoms with Crippen molar-refractivity contribution in [1.82, 2.24) is 20.2 Å². The number of nitrogens with one attached hydrogen (secondary N) is 2. The summed E-state index contributed by atoms with van der Waals surface area (Å²) in [6, 6.07) is 1.11. The van der Waals surface area contributed by atoms with Gasteiger partial charge in [-0.25, -0.2) is 14.8 Å². The molecule has 1 aliphatic carbocycles. The van der Waals surface area contributed by atoms with E-state index in [0.29, 0.717) is 6.54 Å². The number of piperidine rings is 1. The minimum Gasteiger partial charge on any atom is -0.340 e. The number of anilines is 1. The highest BCUT2D eigenvalue weighted by Gasteiger charge is 2.35. The van der Waals surface area contributed by atoms with Crippen LogP contribution >= 0.6 is 11.6 Å². The molecule has 8 heteroatoms. The Morgan fingerprint density at radius 2 is 2.14 bits per heavy atom. The van der Waals surface area contributed by atoms with Crippen molar-refractivity contribution in [3.63, 3.8) is 0 Å². The van der Waals surface area contributed by atoms with Gasteiger partial charge in [0.2, 0.25) is 11.9 Å². The van der Waals surface area contributed by atoms with Crippen LogP contribution in [-0.4, -0.2) is 45.9 Å². The SMILES string of the molecule is O=C(Nc1nccc(Cl)n1)NC1CCCN(C(=O)C2CC2)C1. The lowest BCUT2D eigenvalue weighted by atomic mass is 10.1. The predicted molar refractivity (Wildman–Crippen MR) is 81.5 cm³/mol. The fourth-order valence-corrected chi connectivity index (χ4v) is 2.74. The normalized spacial score (nSPS) is 21.3. The van der Waals surface area contributed by atoms with Gasteiger partial charge >= 0.3 is 6.03 Å². The molecule has 3 amide bonds. The maximum atomic E-state index is 12.1. The van der Waals surface area contributed by atoms with E-state index < -0.39 is 0 Å². The van der Waals surface area contributed by atoms with Crippen molar-refractivity contribution in [3.05, 3.63) is 17.4 Å². The number of carbonyl (C=O) groups is 2. The zero-order valence-corrected chi connectivity index (χ0v) is 12.8. The van der Waals surface area contributed by atoms with Crippen LogP contribution in [0, 0.1) is 5.92 Å². The van der Waals surface area contributed by atoms with Gasteiger partial charge in [0.15, 0.2) is 0 Å². The van der Waals surface area contributed by atoms with Crippen molar-refractivity contribution in [2.75, 3.05) is 18.4 Å². The zero-order chi connectivity index (χ0) is 15.5. The van der Waals surface area contributed by atoms with E-state index in [1.807, 2.05) is 4.90 Å². The summed E-state index contributed by atoms with van der Waals surface area (Å²) in [6.45, 7) is 1.35. The molecule has 7 nitrogen and oxygen atoms in total. The summed E-state index contributed by atoms with van der Waals surface area (Å²) in [7, 11) is 0. The molecule has 118 valence electrons. The number of aromatic nitrogens is 2. The summed E-state index contributed by atoms with van der Waals surface area (Å²) in [5.74, 6) is 0.601. The fraction of sp³-hybridized carbons (Fsp3) is 0.571. The number of amides is 3. The second-order valence-electron chi connectivity index (χ2n) is 5.70. The van der Waals surface area contributed by atoms with Crippen LogP contribution in [0.15, 0.2) is 12.3 Å². The Morgan fingerprint density at radius 1 is 1.32 bits per heavy atom. The number of likely N-dealkylation sites (tertiary alicyclic amines) is 1. The molecule has 1 unspecified atom stereocenters. The van der Waals surface area contributed by atoms with Crippen molar-refractivity contribution in [2.45, 2.75) is 31.7 Å². The van der Waals surface area contributed by atoms with Crippen LogP contribution in [-0.2, 0) is 4.79 Å². The molecule has 2 N–H and O–H groups in total. The molecule has 2 heterocycles. The monoisotopic (exact) mass is 323 g/mol. The van der Waals surface area contributed by atoms with Crippen molar-refractivity contribution >= 4 is 29.5 Å². The number of nitrogens with zero attached hydrogens (tertiary/aromatic N) is 3. The molecule has 22 heavy (non-hydrogen) atoms. The summed E-state index contributed by atoms with van der Waals surface area (Å²) < 4.78 is 0. The molecule has 1 aromatic heterocycles. The summed E-state index contributed by atoms with van der Waals surface area (Å²) in [6.07, 6.45) is 5.23. The van der Waals surface area contributed by atoms with E-state index in [1.165, 1.54) is 12.3 Å². The quantitative estimate of drug-likeness (QED) is 0.828. The Labute approximate surface area is 133 Å². The summed E-state index contributed by atoms with van der Waals surface area (Å²) in [4.78, 5) is 33.7. The molecule has 0 radical (unpaired) electrons. The molecule has 1 aliphatic heterocycles. The molecule has 3 rings (SSSR count). The summed E-state index contributed by atoms with van der Waals surface area (Å²) in [5.41, 5.74) is 0. The zero-order valence-electron chi connectivity index (χ0n) is 12.1. The third kappa shape index (κ3) is 3.85. The van der Waals surface area contributed by atoms with Crippen molar-refractivity contribution in [3.8, 4) is 0 Å². The number of urea groups is 1. The van der Waals surface area contributed by atoms with Crippen molar-refractivity contribution in [1.29, 1.82) is 0 Å². The predicted octanol–water partition coefficient (Wildman–Crippen LogP) is 1.65. The lowest BCUT2D eigenvalue weighted by Crippen LogP contribution is -2.51. The Balaban J connectivity index is 1.51.